The van der Waals surface area contributed by atoms with Crippen molar-refractivity contribution in [2.24, 2.45) is 0 Å². The first-order valence-electron chi connectivity index (χ1n) is 8.69. The number of piperidine rings is 1. The van der Waals surface area contributed by atoms with Gasteiger partial charge in [0.15, 0.2) is 0 Å². The van der Waals surface area contributed by atoms with E-state index in [0.717, 1.165) is 51.9 Å². The molecule has 1 unspecified atom stereocenters. The van der Waals surface area contributed by atoms with E-state index in [0.29, 0.717) is 19.0 Å². The van der Waals surface area contributed by atoms with Crippen LogP contribution >= 0.6 is 24.8 Å². The van der Waals surface area contributed by atoms with Gasteiger partial charge in [-0.3, -0.25) is 14.5 Å². The van der Waals surface area contributed by atoms with Crippen molar-refractivity contribution in [2.45, 2.75) is 57.5 Å². The number of hydrogen-bond donors (Lipinski definition) is 3. The fourth-order valence-electron chi connectivity index (χ4n) is 3.20. The second-order valence-electron chi connectivity index (χ2n) is 6.47. The summed E-state index contributed by atoms with van der Waals surface area (Å²) < 4.78 is 0. The van der Waals surface area contributed by atoms with Crippen molar-refractivity contribution in [1.82, 2.24) is 20.9 Å². The molecule has 0 spiro atoms. The maximum Gasteiger partial charge on any atom is 0.234 e. The third-order valence-corrected chi connectivity index (χ3v) is 4.49. The Labute approximate surface area is 157 Å². The summed E-state index contributed by atoms with van der Waals surface area (Å²) in [6, 6.07) is 0.631. The van der Waals surface area contributed by atoms with E-state index >= 15 is 0 Å². The van der Waals surface area contributed by atoms with Crippen molar-refractivity contribution in [3.05, 3.63) is 0 Å². The summed E-state index contributed by atoms with van der Waals surface area (Å²) in [5.74, 6) is 0.273. The number of hydrogen-bond acceptors (Lipinski definition) is 4. The van der Waals surface area contributed by atoms with Gasteiger partial charge < -0.3 is 16.0 Å². The summed E-state index contributed by atoms with van der Waals surface area (Å²) in [5.41, 5.74) is 0. The zero-order valence-electron chi connectivity index (χ0n) is 14.5. The monoisotopic (exact) mass is 382 g/mol. The van der Waals surface area contributed by atoms with Crippen LogP contribution in [0.15, 0.2) is 0 Å². The number of rotatable bonds is 7. The molecule has 0 saturated carbocycles. The van der Waals surface area contributed by atoms with Gasteiger partial charge in [0.1, 0.15) is 0 Å². The van der Waals surface area contributed by atoms with Crippen LogP contribution in [-0.4, -0.2) is 61.5 Å². The number of nitrogens with zero attached hydrogens (tertiary/aromatic N) is 1. The Morgan fingerprint density at radius 3 is 2.42 bits per heavy atom. The van der Waals surface area contributed by atoms with E-state index < -0.39 is 0 Å². The molecule has 2 heterocycles. The highest BCUT2D eigenvalue weighted by molar-refractivity contribution is 5.85. The van der Waals surface area contributed by atoms with Gasteiger partial charge in [0.2, 0.25) is 11.8 Å². The third-order valence-electron chi connectivity index (χ3n) is 4.49. The van der Waals surface area contributed by atoms with Crippen LogP contribution in [0.5, 0.6) is 0 Å². The normalized spacial score (nSPS) is 21.5. The summed E-state index contributed by atoms with van der Waals surface area (Å²) in [6.45, 7) is 6.08. The topological polar surface area (TPSA) is 73.5 Å². The lowest BCUT2D eigenvalue weighted by molar-refractivity contribution is -0.124. The molecule has 2 saturated heterocycles. The smallest absolute Gasteiger partial charge is 0.234 e. The third kappa shape index (κ3) is 8.51. The fourth-order valence-corrected chi connectivity index (χ4v) is 3.20. The zero-order chi connectivity index (χ0) is 15.8. The molecule has 142 valence electrons. The van der Waals surface area contributed by atoms with Gasteiger partial charge in [-0.25, -0.2) is 0 Å². The summed E-state index contributed by atoms with van der Waals surface area (Å²) in [6.07, 6.45) is 5.72. The molecule has 2 fully saturated rings. The largest absolute Gasteiger partial charge is 0.355 e. The summed E-state index contributed by atoms with van der Waals surface area (Å²) in [5, 5.41) is 9.41. The van der Waals surface area contributed by atoms with Gasteiger partial charge in [0, 0.05) is 38.1 Å². The van der Waals surface area contributed by atoms with Crippen LogP contribution < -0.4 is 16.0 Å². The highest BCUT2D eigenvalue weighted by atomic mass is 35.5. The number of halogens is 2. The number of amides is 2. The standard InChI is InChI=1S/C16H30N4O2.2ClH/c1-2-7-18-16(22)12-20-9-5-13(6-10-20)19-15(21)11-14-4-3-8-17-14;;/h13-14,17H,2-12H2,1H3,(H,18,22)(H,19,21);2*1H. The molecule has 2 aliphatic rings. The molecule has 0 aliphatic carbocycles. The molecule has 0 aromatic rings. The van der Waals surface area contributed by atoms with Crippen molar-refractivity contribution < 1.29 is 9.59 Å². The number of likely N-dealkylation sites (tertiary alicyclic amines) is 1. The highest BCUT2D eigenvalue weighted by Crippen LogP contribution is 2.12. The van der Waals surface area contributed by atoms with E-state index in [1.54, 1.807) is 0 Å². The average Bonchev–Trinajstić information content (AvgIpc) is 3.00. The Bertz CT molecular complexity index is 371. The minimum absolute atomic E-state index is 0. The molecule has 3 N–H and O–H groups in total. The van der Waals surface area contributed by atoms with Crippen LogP contribution in [0, 0.1) is 0 Å². The number of carbonyl (C=O) groups excluding carboxylic acids is 2. The van der Waals surface area contributed by atoms with Crippen LogP contribution in [0.3, 0.4) is 0 Å². The van der Waals surface area contributed by atoms with Crippen molar-refractivity contribution >= 4 is 36.6 Å². The minimum Gasteiger partial charge on any atom is -0.355 e. The first-order valence-corrected chi connectivity index (χ1v) is 8.69. The molecule has 6 nitrogen and oxygen atoms in total. The van der Waals surface area contributed by atoms with Gasteiger partial charge in [0.25, 0.3) is 0 Å². The second-order valence-corrected chi connectivity index (χ2v) is 6.47. The van der Waals surface area contributed by atoms with Gasteiger partial charge >= 0.3 is 0 Å². The fraction of sp³-hybridized carbons (Fsp3) is 0.875. The summed E-state index contributed by atoms with van der Waals surface area (Å²) in [4.78, 5) is 25.9. The Balaban J connectivity index is 0.00000264. The van der Waals surface area contributed by atoms with Crippen LogP contribution in [0.25, 0.3) is 0 Å². The second kappa shape index (κ2) is 12.8. The van der Waals surface area contributed by atoms with E-state index in [-0.39, 0.29) is 42.7 Å². The molecule has 24 heavy (non-hydrogen) atoms. The lowest BCUT2D eigenvalue weighted by Crippen LogP contribution is -2.48. The van der Waals surface area contributed by atoms with E-state index in [1.165, 1.54) is 6.42 Å². The number of nitrogens with one attached hydrogen (secondary N) is 3. The molecule has 0 aromatic carbocycles. The zero-order valence-corrected chi connectivity index (χ0v) is 16.1. The summed E-state index contributed by atoms with van der Waals surface area (Å²) >= 11 is 0. The van der Waals surface area contributed by atoms with Crippen LogP contribution in [0.1, 0.15) is 45.4 Å². The van der Waals surface area contributed by atoms with Gasteiger partial charge in [0.05, 0.1) is 6.54 Å². The maximum absolute atomic E-state index is 12.0. The van der Waals surface area contributed by atoms with Crippen molar-refractivity contribution in [1.29, 1.82) is 0 Å². The summed E-state index contributed by atoms with van der Waals surface area (Å²) in [7, 11) is 0. The molecule has 0 bridgehead atoms. The van der Waals surface area contributed by atoms with Crippen LogP contribution in [-0.2, 0) is 9.59 Å². The van der Waals surface area contributed by atoms with Crippen LogP contribution in [0.4, 0.5) is 0 Å². The minimum atomic E-state index is 0. The molecule has 8 heteroatoms. The molecular formula is C16H32Cl2N4O2. The van der Waals surface area contributed by atoms with E-state index in [9.17, 15) is 9.59 Å². The van der Waals surface area contributed by atoms with Gasteiger partial charge in [-0.2, -0.15) is 0 Å². The SMILES string of the molecule is CCCNC(=O)CN1CCC(NC(=O)CC2CCCN2)CC1.Cl.Cl. The Morgan fingerprint density at radius 2 is 1.83 bits per heavy atom. The molecule has 2 aliphatic heterocycles. The van der Waals surface area contributed by atoms with Gasteiger partial charge in [-0.1, -0.05) is 6.92 Å². The van der Waals surface area contributed by atoms with Crippen molar-refractivity contribution in [3.63, 3.8) is 0 Å². The quantitative estimate of drug-likeness (QED) is 0.615. The lowest BCUT2D eigenvalue weighted by Gasteiger charge is -2.32. The number of carbonyl (C=O) groups is 2. The van der Waals surface area contributed by atoms with E-state index in [2.05, 4.69) is 27.8 Å². The van der Waals surface area contributed by atoms with E-state index in [4.69, 9.17) is 0 Å². The van der Waals surface area contributed by atoms with Gasteiger partial charge in [-0.15, -0.1) is 24.8 Å². The average molecular weight is 383 g/mol. The molecule has 0 radical (unpaired) electrons. The van der Waals surface area contributed by atoms with Crippen LogP contribution in [0.2, 0.25) is 0 Å². The highest BCUT2D eigenvalue weighted by Gasteiger charge is 2.23. The molecular weight excluding hydrogens is 351 g/mol. The molecule has 2 amide bonds. The Kier molecular flexibility index (Phi) is 12.5. The first-order chi connectivity index (χ1) is 10.7. The van der Waals surface area contributed by atoms with Crippen molar-refractivity contribution in [3.8, 4) is 0 Å². The molecule has 0 aromatic heterocycles. The molecule has 1 atom stereocenters. The first kappa shape index (κ1) is 23.4. The Hall–Kier alpha value is -0.560. The lowest BCUT2D eigenvalue weighted by atomic mass is 10.0. The Morgan fingerprint density at radius 1 is 1.12 bits per heavy atom. The van der Waals surface area contributed by atoms with Crippen molar-refractivity contribution in [2.75, 3.05) is 32.7 Å². The molecule has 2 rings (SSSR count). The van der Waals surface area contributed by atoms with E-state index in [1.807, 2.05) is 0 Å². The maximum atomic E-state index is 12.0. The van der Waals surface area contributed by atoms with Gasteiger partial charge in [-0.05, 0) is 38.6 Å². The predicted molar refractivity (Wildman–Crippen MR) is 101 cm³/mol. The predicted octanol–water partition coefficient (Wildman–Crippen LogP) is 1.08.